The van der Waals surface area contributed by atoms with Crippen molar-refractivity contribution < 1.29 is 9.15 Å². The predicted molar refractivity (Wildman–Crippen MR) is 126 cm³/mol. The van der Waals surface area contributed by atoms with Gasteiger partial charge >= 0.3 is 0 Å². The molecule has 0 atom stereocenters. The second kappa shape index (κ2) is 7.28. The van der Waals surface area contributed by atoms with Gasteiger partial charge in [-0.15, -0.1) is 0 Å². The number of benzene rings is 3. The van der Waals surface area contributed by atoms with Gasteiger partial charge in [-0.1, -0.05) is 24.3 Å². The third-order valence-electron chi connectivity index (χ3n) is 6.44. The minimum atomic E-state index is 0.861. The molecule has 6 rings (SSSR count). The van der Waals surface area contributed by atoms with Crippen LogP contribution in [0.2, 0.25) is 0 Å². The van der Waals surface area contributed by atoms with E-state index in [1.54, 1.807) is 7.11 Å². The molecule has 0 saturated carbocycles. The largest absolute Gasteiger partial charge is 0.496 e. The molecule has 2 heterocycles. The molecular weight excluding hydrogens is 382 g/mol. The van der Waals surface area contributed by atoms with Gasteiger partial charge in [0.15, 0.2) is 0 Å². The lowest BCUT2D eigenvalue weighted by Gasteiger charge is -2.18. The SMILES string of the molecule is COc1ccccc1-c1ccc2c(c1)oc1ccc(-c3nccc4c3CCCC4)cc12. The number of nitrogens with zero attached hydrogens (tertiary/aromatic N) is 1. The Morgan fingerprint density at radius 3 is 2.61 bits per heavy atom. The van der Waals surface area contributed by atoms with Gasteiger partial charge in [-0.2, -0.15) is 0 Å². The summed E-state index contributed by atoms with van der Waals surface area (Å²) in [4.78, 5) is 4.76. The first kappa shape index (κ1) is 18.2. The van der Waals surface area contributed by atoms with Gasteiger partial charge in [-0.05, 0) is 84.8 Å². The average Bonchev–Trinajstić information content (AvgIpc) is 3.20. The third kappa shape index (κ3) is 3.00. The molecule has 152 valence electrons. The van der Waals surface area contributed by atoms with Gasteiger partial charge in [0.2, 0.25) is 0 Å². The number of pyridine rings is 1. The van der Waals surface area contributed by atoms with Crippen LogP contribution in [0.3, 0.4) is 0 Å². The Morgan fingerprint density at radius 1 is 0.806 bits per heavy atom. The van der Waals surface area contributed by atoms with E-state index in [-0.39, 0.29) is 0 Å². The Bertz CT molecular complexity index is 1430. The van der Waals surface area contributed by atoms with Crippen LogP contribution < -0.4 is 4.74 Å². The zero-order valence-corrected chi connectivity index (χ0v) is 17.5. The lowest BCUT2D eigenvalue weighted by Crippen LogP contribution is -2.05. The highest BCUT2D eigenvalue weighted by atomic mass is 16.5. The van der Waals surface area contributed by atoms with Crippen LogP contribution >= 0.6 is 0 Å². The smallest absolute Gasteiger partial charge is 0.136 e. The summed E-state index contributed by atoms with van der Waals surface area (Å²) < 4.78 is 11.8. The quantitative estimate of drug-likeness (QED) is 0.318. The Labute approximate surface area is 181 Å². The van der Waals surface area contributed by atoms with Crippen molar-refractivity contribution in [2.75, 3.05) is 7.11 Å². The highest BCUT2D eigenvalue weighted by Gasteiger charge is 2.17. The van der Waals surface area contributed by atoms with Crippen molar-refractivity contribution in [2.45, 2.75) is 25.7 Å². The Kier molecular flexibility index (Phi) is 4.27. The van der Waals surface area contributed by atoms with Gasteiger partial charge in [0.25, 0.3) is 0 Å². The average molecular weight is 405 g/mol. The first-order chi connectivity index (χ1) is 15.3. The molecule has 0 spiro atoms. The molecule has 0 unspecified atom stereocenters. The number of hydrogen-bond acceptors (Lipinski definition) is 3. The maximum atomic E-state index is 6.23. The van der Waals surface area contributed by atoms with Crippen LogP contribution in [0, 0.1) is 0 Å². The maximum Gasteiger partial charge on any atom is 0.136 e. The molecule has 1 aliphatic rings. The highest BCUT2D eigenvalue weighted by molar-refractivity contribution is 6.07. The molecule has 1 aliphatic carbocycles. The summed E-state index contributed by atoms with van der Waals surface area (Å²) in [6.45, 7) is 0. The lowest BCUT2D eigenvalue weighted by molar-refractivity contribution is 0.416. The molecule has 3 aromatic carbocycles. The number of aryl methyl sites for hydroxylation is 1. The maximum absolute atomic E-state index is 6.23. The van der Waals surface area contributed by atoms with Crippen molar-refractivity contribution in [3.8, 4) is 28.1 Å². The number of furan rings is 1. The van der Waals surface area contributed by atoms with Gasteiger partial charge in [-0.25, -0.2) is 0 Å². The standard InChI is InChI=1S/C28H23NO2/c1-30-25-9-5-4-7-21(25)19-10-12-23-24-16-20(11-13-26(24)31-27(23)17-19)28-22-8-3-2-6-18(22)14-15-29-28/h4-5,7,9-17H,2-3,6,8H2,1H3. The molecule has 2 aromatic heterocycles. The van der Waals surface area contributed by atoms with E-state index in [0.29, 0.717) is 0 Å². The number of fused-ring (bicyclic) bond motifs is 4. The summed E-state index contributed by atoms with van der Waals surface area (Å²) in [6, 6.07) is 23.1. The van der Waals surface area contributed by atoms with E-state index in [2.05, 4.69) is 48.5 Å². The molecule has 0 saturated heterocycles. The zero-order chi connectivity index (χ0) is 20.8. The molecule has 0 aliphatic heterocycles. The van der Waals surface area contributed by atoms with Gasteiger partial charge in [0, 0.05) is 28.1 Å². The van der Waals surface area contributed by atoms with E-state index in [0.717, 1.165) is 57.4 Å². The van der Waals surface area contributed by atoms with Gasteiger partial charge in [0.05, 0.1) is 12.8 Å². The van der Waals surface area contributed by atoms with Crippen molar-refractivity contribution in [1.29, 1.82) is 0 Å². The number of rotatable bonds is 3. The number of para-hydroxylation sites is 1. The number of aromatic nitrogens is 1. The number of methoxy groups -OCH3 is 1. The van der Waals surface area contributed by atoms with Crippen LogP contribution in [0.25, 0.3) is 44.3 Å². The number of ether oxygens (including phenoxy) is 1. The topological polar surface area (TPSA) is 35.3 Å². The monoisotopic (exact) mass is 405 g/mol. The van der Waals surface area contributed by atoms with Crippen molar-refractivity contribution in [1.82, 2.24) is 4.98 Å². The predicted octanol–water partition coefficient (Wildman–Crippen LogP) is 7.20. The van der Waals surface area contributed by atoms with Crippen molar-refractivity contribution in [3.63, 3.8) is 0 Å². The fourth-order valence-corrected chi connectivity index (χ4v) is 4.89. The molecule has 31 heavy (non-hydrogen) atoms. The van der Waals surface area contributed by atoms with E-state index >= 15 is 0 Å². The van der Waals surface area contributed by atoms with Crippen LogP contribution in [0.15, 0.2) is 77.3 Å². The molecular formula is C28H23NO2. The summed E-state index contributed by atoms with van der Waals surface area (Å²) >= 11 is 0. The summed E-state index contributed by atoms with van der Waals surface area (Å²) in [7, 11) is 1.70. The summed E-state index contributed by atoms with van der Waals surface area (Å²) in [5.41, 5.74) is 9.10. The second-order valence-corrected chi connectivity index (χ2v) is 8.23. The fraction of sp³-hybridized carbons (Fsp3) is 0.179. The van der Waals surface area contributed by atoms with Crippen LogP contribution in [0.5, 0.6) is 5.75 Å². The van der Waals surface area contributed by atoms with Crippen molar-refractivity contribution in [2.24, 2.45) is 0 Å². The minimum Gasteiger partial charge on any atom is -0.496 e. The summed E-state index contributed by atoms with van der Waals surface area (Å²) in [6.07, 6.45) is 6.75. The van der Waals surface area contributed by atoms with Crippen LogP contribution in [0.1, 0.15) is 24.0 Å². The Hall–Kier alpha value is -3.59. The minimum absolute atomic E-state index is 0.861. The van der Waals surface area contributed by atoms with E-state index in [4.69, 9.17) is 14.1 Å². The fourth-order valence-electron chi connectivity index (χ4n) is 4.89. The molecule has 0 bridgehead atoms. The van der Waals surface area contributed by atoms with Gasteiger partial charge < -0.3 is 9.15 Å². The molecule has 5 aromatic rings. The molecule has 0 N–H and O–H groups in total. The highest BCUT2D eigenvalue weighted by Crippen LogP contribution is 2.38. The first-order valence-electron chi connectivity index (χ1n) is 10.9. The van der Waals surface area contributed by atoms with E-state index in [1.165, 1.54) is 29.5 Å². The van der Waals surface area contributed by atoms with E-state index in [1.807, 2.05) is 24.4 Å². The third-order valence-corrected chi connectivity index (χ3v) is 6.44. The van der Waals surface area contributed by atoms with Gasteiger partial charge in [-0.3, -0.25) is 4.98 Å². The zero-order valence-electron chi connectivity index (χ0n) is 17.5. The number of hydrogen-bond donors (Lipinski definition) is 0. The van der Waals surface area contributed by atoms with E-state index < -0.39 is 0 Å². The Balaban J connectivity index is 1.49. The van der Waals surface area contributed by atoms with Crippen molar-refractivity contribution in [3.05, 3.63) is 84.1 Å². The lowest BCUT2D eigenvalue weighted by atomic mass is 9.89. The van der Waals surface area contributed by atoms with Crippen LogP contribution in [-0.4, -0.2) is 12.1 Å². The summed E-state index contributed by atoms with van der Waals surface area (Å²) in [5, 5.41) is 2.26. The normalized spacial score (nSPS) is 13.5. The van der Waals surface area contributed by atoms with Gasteiger partial charge in [0.1, 0.15) is 16.9 Å². The van der Waals surface area contributed by atoms with Crippen LogP contribution in [0.4, 0.5) is 0 Å². The molecule has 0 fully saturated rings. The Morgan fingerprint density at radius 2 is 1.68 bits per heavy atom. The molecule has 0 radical (unpaired) electrons. The summed E-state index contributed by atoms with van der Waals surface area (Å²) in [5.74, 6) is 0.861. The first-order valence-corrected chi connectivity index (χ1v) is 10.9. The van der Waals surface area contributed by atoms with Crippen molar-refractivity contribution >= 4 is 21.9 Å². The second-order valence-electron chi connectivity index (χ2n) is 8.23. The van der Waals surface area contributed by atoms with E-state index in [9.17, 15) is 0 Å². The van der Waals surface area contributed by atoms with Crippen LogP contribution in [-0.2, 0) is 12.8 Å². The molecule has 3 nitrogen and oxygen atoms in total. The molecule has 0 amide bonds. The molecule has 3 heteroatoms.